The Balaban J connectivity index is 1.92. The van der Waals surface area contributed by atoms with Gasteiger partial charge in [-0.1, -0.05) is 33.6 Å². The highest BCUT2D eigenvalue weighted by Gasteiger charge is 2.14. The summed E-state index contributed by atoms with van der Waals surface area (Å²) in [4.78, 5) is 31.4. The number of ether oxygens (including phenoxy) is 1. The fraction of sp³-hybridized carbons (Fsp3) is 0.182. The molecule has 0 bridgehead atoms. The van der Waals surface area contributed by atoms with E-state index in [-0.39, 0.29) is 24.1 Å². The Labute approximate surface area is 207 Å². The van der Waals surface area contributed by atoms with Crippen LogP contribution >= 0.6 is 27.5 Å². The molecule has 0 atom stereocenters. The largest absolute Gasteiger partial charge is 0.491 e. The molecule has 1 heterocycles. The van der Waals surface area contributed by atoms with Crippen LogP contribution in [-0.2, 0) is 4.79 Å². The molecule has 0 aliphatic rings. The molecule has 0 aliphatic carbocycles. The van der Waals surface area contributed by atoms with E-state index in [4.69, 9.17) is 21.4 Å². The van der Waals surface area contributed by atoms with Gasteiger partial charge in [0.25, 0.3) is 0 Å². The van der Waals surface area contributed by atoms with Crippen molar-refractivity contribution >= 4 is 67.6 Å². The highest BCUT2D eigenvalue weighted by atomic mass is 79.9. The highest BCUT2D eigenvalue weighted by molar-refractivity contribution is 9.09. The molecule has 178 valence electrons. The van der Waals surface area contributed by atoms with Crippen molar-refractivity contribution in [1.82, 2.24) is 15.3 Å². The van der Waals surface area contributed by atoms with Crippen molar-refractivity contribution in [3.05, 3.63) is 59.7 Å². The lowest BCUT2D eigenvalue weighted by molar-refractivity contribution is -0.111. The Hall–Kier alpha value is -3.44. The Bertz CT molecular complexity index is 1230. The first kappa shape index (κ1) is 25.2. The van der Waals surface area contributed by atoms with Crippen molar-refractivity contribution in [2.24, 2.45) is 0 Å². The summed E-state index contributed by atoms with van der Waals surface area (Å²) in [6.45, 7) is 0.422. The lowest BCUT2D eigenvalue weighted by Crippen LogP contribution is -2.23. The summed E-state index contributed by atoms with van der Waals surface area (Å²) in [7, 11) is 0. The van der Waals surface area contributed by atoms with Crippen LogP contribution in [0.5, 0.6) is 5.75 Å². The van der Waals surface area contributed by atoms with Crippen molar-refractivity contribution < 1.29 is 23.8 Å². The van der Waals surface area contributed by atoms with Crippen LogP contribution in [0.25, 0.3) is 10.9 Å². The Morgan fingerprint density at radius 1 is 1.24 bits per heavy atom. The van der Waals surface area contributed by atoms with E-state index in [1.54, 1.807) is 18.2 Å². The second-order valence-corrected chi connectivity index (χ2v) is 7.88. The van der Waals surface area contributed by atoms with Crippen LogP contribution in [0, 0.1) is 5.82 Å². The number of nitrogens with zero attached hydrogens (tertiary/aromatic N) is 2. The van der Waals surface area contributed by atoms with Gasteiger partial charge in [0.05, 0.1) is 22.8 Å². The van der Waals surface area contributed by atoms with Gasteiger partial charge in [-0.15, -0.1) is 0 Å². The number of anilines is 3. The van der Waals surface area contributed by atoms with Crippen LogP contribution in [0.15, 0.2) is 48.8 Å². The summed E-state index contributed by atoms with van der Waals surface area (Å²) in [6.07, 6.45) is 3.68. The second-order valence-electron chi connectivity index (χ2n) is 6.82. The van der Waals surface area contributed by atoms with Crippen LogP contribution in [0.4, 0.5) is 26.4 Å². The van der Waals surface area contributed by atoms with E-state index in [9.17, 15) is 14.0 Å². The predicted octanol–water partition coefficient (Wildman–Crippen LogP) is 5.09. The fourth-order valence-corrected chi connectivity index (χ4v) is 3.25. The molecule has 2 amide bonds. The first-order valence-corrected chi connectivity index (χ1v) is 11.5. The normalized spacial score (nSPS) is 10.9. The summed E-state index contributed by atoms with van der Waals surface area (Å²) in [5.74, 6) is -0.135. The monoisotopic (exact) mass is 551 g/mol. The third kappa shape index (κ3) is 7.03. The first-order valence-electron chi connectivity index (χ1n) is 10.0. The Kier molecular flexibility index (Phi) is 9.00. The minimum atomic E-state index is -1.11. The van der Waals surface area contributed by atoms with Gasteiger partial charge in [-0.2, -0.15) is 0 Å². The van der Waals surface area contributed by atoms with E-state index in [1.165, 1.54) is 30.6 Å². The molecule has 0 saturated heterocycles. The second kappa shape index (κ2) is 12.1. The summed E-state index contributed by atoms with van der Waals surface area (Å²) < 4.78 is 19.3. The number of fused-ring (bicyclic) bond motifs is 1. The maximum atomic E-state index is 13.5. The van der Waals surface area contributed by atoms with Gasteiger partial charge in [0.2, 0.25) is 5.91 Å². The number of alkyl halides is 1. The topological polar surface area (TPSA) is 125 Å². The van der Waals surface area contributed by atoms with E-state index in [0.717, 1.165) is 0 Å². The molecular formula is C22H20BrClFN5O4. The number of aromatic nitrogens is 2. The molecule has 3 aromatic rings. The highest BCUT2D eigenvalue weighted by Crippen LogP contribution is 2.34. The lowest BCUT2D eigenvalue weighted by atomic mass is 10.1. The molecule has 0 radical (unpaired) electrons. The molecule has 0 aliphatic heterocycles. The smallest absolute Gasteiger partial charge is 0.404 e. The van der Waals surface area contributed by atoms with Crippen LogP contribution in [0.2, 0.25) is 5.02 Å². The van der Waals surface area contributed by atoms with Crippen LogP contribution in [-0.4, -0.2) is 45.6 Å². The van der Waals surface area contributed by atoms with E-state index in [0.29, 0.717) is 45.6 Å². The molecule has 0 fully saturated rings. The molecule has 2 aromatic carbocycles. The number of allylic oxidation sites excluding steroid dienone is 1. The third-order valence-electron chi connectivity index (χ3n) is 4.39. The van der Waals surface area contributed by atoms with Gasteiger partial charge in [0.1, 0.15) is 23.7 Å². The Morgan fingerprint density at radius 2 is 2.06 bits per heavy atom. The maximum Gasteiger partial charge on any atom is 0.404 e. The van der Waals surface area contributed by atoms with Gasteiger partial charge in [-0.25, -0.2) is 19.2 Å². The summed E-state index contributed by atoms with van der Waals surface area (Å²) in [5.41, 5.74) is 1.42. The number of hydrogen-bond acceptors (Lipinski definition) is 6. The van der Waals surface area contributed by atoms with Crippen LogP contribution < -0.4 is 20.7 Å². The van der Waals surface area contributed by atoms with Gasteiger partial charge in [0.15, 0.2) is 0 Å². The number of amides is 2. The average Bonchev–Trinajstić information content (AvgIpc) is 2.80. The zero-order chi connectivity index (χ0) is 24.5. The van der Waals surface area contributed by atoms with Crippen molar-refractivity contribution in [3.8, 4) is 5.75 Å². The molecule has 0 spiro atoms. The van der Waals surface area contributed by atoms with Crippen LogP contribution in [0.3, 0.4) is 0 Å². The number of halogens is 3. The van der Waals surface area contributed by atoms with Gasteiger partial charge in [-0.05, 0) is 30.7 Å². The third-order valence-corrected chi connectivity index (χ3v) is 5.05. The summed E-state index contributed by atoms with van der Waals surface area (Å²) >= 11 is 9.10. The quantitative estimate of drug-likeness (QED) is 0.157. The SMILES string of the molecule is O=C(O)NCCCOc1cc2ncnc(Nc3ccc(F)c(Cl)c3)c2cc1NC(=O)C=CCBr. The van der Waals surface area contributed by atoms with Crippen molar-refractivity contribution in [2.45, 2.75) is 6.42 Å². The number of carbonyl (C=O) groups is 2. The molecule has 9 nitrogen and oxygen atoms in total. The summed E-state index contributed by atoms with van der Waals surface area (Å²) in [6, 6.07) is 7.50. The number of nitrogens with one attached hydrogen (secondary N) is 3. The average molecular weight is 553 g/mol. The first-order chi connectivity index (χ1) is 16.4. The standard InChI is InChI=1S/C22H20BrClFN5O4/c23-6-1-3-20(31)30-18-10-14-17(11-19(18)34-8-2-7-26-22(32)33)27-12-28-21(14)29-13-4-5-16(25)15(24)9-13/h1,3-5,9-12,26H,2,6-8H2,(H,30,31)(H,32,33)(H,27,28,29). The van der Waals surface area contributed by atoms with Crippen LogP contribution in [0.1, 0.15) is 6.42 Å². The molecule has 12 heteroatoms. The maximum absolute atomic E-state index is 13.5. The van der Waals surface area contributed by atoms with Gasteiger partial charge < -0.3 is 25.8 Å². The summed E-state index contributed by atoms with van der Waals surface area (Å²) in [5, 5.41) is 17.8. The van der Waals surface area contributed by atoms with Crippen molar-refractivity contribution in [2.75, 3.05) is 29.1 Å². The minimum Gasteiger partial charge on any atom is -0.491 e. The van der Waals surface area contributed by atoms with E-state index >= 15 is 0 Å². The Morgan fingerprint density at radius 3 is 2.79 bits per heavy atom. The zero-order valence-electron chi connectivity index (χ0n) is 17.6. The molecular weight excluding hydrogens is 533 g/mol. The number of rotatable bonds is 10. The van der Waals surface area contributed by atoms with Gasteiger partial charge in [0, 0.05) is 35.1 Å². The molecule has 34 heavy (non-hydrogen) atoms. The molecule has 3 rings (SSSR count). The van der Waals surface area contributed by atoms with E-state index in [2.05, 4.69) is 41.8 Å². The van der Waals surface area contributed by atoms with E-state index in [1.807, 2.05) is 0 Å². The minimum absolute atomic E-state index is 0.0389. The molecule has 4 N–H and O–H groups in total. The zero-order valence-corrected chi connectivity index (χ0v) is 20.0. The fourth-order valence-electron chi connectivity index (χ4n) is 2.89. The number of hydrogen-bond donors (Lipinski definition) is 4. The van der Waals surface area contributed by atoms with Crippen molar-refractivity contribution in [3.63, 3.8) is 0 Å². The number of benzene rings is 2. The van der Waals surface area contributed by atoms with E-state index < -0.39 is 11.9 Å². The molecule has 1 aromatic heterocycles. The van der Waals surface area contributed by atoms with Crippen molar-refractivity contribution in [1.29, 1.82) is 0 Å². The van der Waals surface area contributed by atoms with Gasteiger partial charge >= 0.3 is 6.09 Å². The number of carboxylic acid groups (broad SMARTS) is 1. The molecule has 0 unspecified atom stereocenters. The molecule has 0 saturated carbocycles. The van der Waals surface area contributed by atoms with Gasteiger partial charge in [-0.3, -0.25) is 4.79 Å². The number of carbonyl (C=O) groups excluding carboxylic acids is 1. The predicted molar refractivity (Wildman–Crippen MR) is 132 cm³/mol. The lowest BCUT2D eigenvalue weighted by Gasteiger charge is -2.15.